The maximum absolute atomic E-state index is 5.42. The fourth-order valence-corrected chi connectivity index (χ4v) is 1.57. The quantitative estimate of drug-likeness (QED) is 0.798. The molecule has 4 nitrogen and oxygen atoms in total. The zero-order chi connectivity index (χ0) is 9.26. The second-order valence-corrected chi connectivity index (χ2v) is 3.50. The summed E-state index contributed by atoms with van der Waals surface area (Å²) in [6, 6.07) is 5.77. The molecule has 2 heterocycles. The molecule has 0 aliphatic rings. The van der Waals surface area contributed by atoms with E-state index in [1.807, 2.05) is 18.2 Å². The topological polar surface area (TPSA) is 56.2 Å². The molecule has 0 atom stereocenters. The van der Waals surface area contributed by atoms with Crippen molar-refractivity contribution in [2.24, 2.45) is 5.73 Å². The van der Waals surface area contributed by atoms with Crippen molar-refractivity contribution >= 4 is 21.6 Å². The number of hydrogen-bond acceptors (Lipinski definition) is 3. The zero-order valence-corrected chi connectivity index (χ0v) is 8.53. The molecule has 0 aromatic carbocycles. The monoisotopic (exact) mass is 240 g/mol. The summed E-state index contributed by atoms with van der Waals surface area (Å²) in [4.78, 5) is 4.31. The molecule has 0 radical (unpaired) electrons. The Hall–Kier alpha value is -0.940. The lowest BCUT2D eigenvalue weighted by Gasteiger charge is -1.92. The predicted octanol–water partition coefficient (Wildman–Crippen LogP) is 0.993. The van der Waals surface area contributed by atoms with Crippen molar-refractivity contribution in [3.63, 3.8) is 0 Å². The number of fused-ring (bicyclic) bond motifs is 1. The fraction of sp³-hybridized carbons (Fsp3) is 0.250. The van der Waals surface area contributed by atoms with Crippen molar-refractivity contribution in [3.05, 3.63) is 28.6 Å². The van der Waals surface area contributed by atoms with Crippen LogP contribution >= 0.6 is 15.9 Å². The smallest absolute Gasteiger partial charge is 0.156 e. The van der Waals surface area contributed by atoms with Gasteiger partial charge in [0.05, 0.1) is 0 Å². The Bertz CT molecular complexity index is 423. The molecular formula is C8H9BrN4. The Balaban J connectivity index is 2.55. The van der Waals surface area contributed by atoms with E-state index < -0.39 is 0 Å². The number of halogens is 1. The van der Waals surface area contributed by atoms with Gasteiger partial charge in [-0.3, -0.25) is 0 Å². The molecule has 2 aromatic rings. The second-order valence-electron chi connectivity index (χ2n) is 2.69. The van der Waals surface area contributed by atoms with Gasteiger partial charge in [-0.2, -0.15) is 5.10 Å². The van der Waals surface area contributed by atoms with Gasteiger partial charge >= 0.3 is 0 Å². The van der Waals surface area contributed by atoms with Crippen molar-refractivity contribution in [1.29, 1.82) is 0 Å². The van der Waals surface area contributed by atoms with E-state index in [4.69, 9.17) is 5.73 Å². The Morgan fingerprint density at radius 3 is 3.00 bits per heavy atom. The van der Waals surface area contributed by atoms with Crippen LogP contribution in [0.3, 0.4) is 0 Å². The Labute approximate surface area is 83.9 Å². The lowest BCUT2D eigenvalue weighted by Crippen LogP contribution is -2.04. The zero-order valence-electron chi connectivity index (χ0n) is 6.94. The van der Waals surface area contributed by atoms with Crippen LogP contribution in [0, 0.1) is 0 Å². The van der Waals surface area contributed by atoms with E-state index in [1.165, 1.54) is 0 Å². The van der Waals surface area contributed by atoms with Gasteiger partial charge in [-0.05, 0) is 34.6 Å². The summed E-state index contributed by atoms with van der Waals surface area (Å²) in [5.74, 6) is 0.786. The molecule has 2 rings (SSSR count). The van der Waals surface area contributed by atoms with Crippen LogP contribution < -0.4 is 5.73 Å². The molecule has 0 aliphatic heterocycles. The minimum absolute atomic E-state index is 0.578. The van der Waals surface area contributed by atoms with Gasteiger partial charge in [0.1, 0.15) is 4.60 Å². The van der Waals surface area contributed by atoms with Gasteiger partial charge in [-0.25, -0.2) is 9.50 Å². The maximum Gasteiger partial charge on any atom is 0.156 e. The largest absolute Gasteiger partial charge is 0.330 e. The van der Waals surface area contributed by atoms with E-state index in [9.17, 15) is 0 Å². The first-order valence-corrected chi connectivity index (χ1v) is 4.81. The first-order chi connectivity index (χ1) is 6.31. The van der Waals surface area contributed by atoms with Gasteiger partial charge in [0, 0.05) is 6.42 Å². The number of nitrogens with two attached hydrogens (primary N) is 1. The normalized spacial score (nSPS) is 10.9. The molecule has 0 unspecified atom stereocenters. The number of rotatable bonds is 2. The number of nitrogens with zero attached hydrogens (tertiary/aromatic N) is 3. The van der Waals surface area contributed by atoms with Crippen LogP contribution in [0.25, 0.3) is 5.65 Å². The molecule has 0 saturated carbocycles. The maximum atomic E-state index is 5.42. The molecule has 0 spiro atoms. The van der Waals surface area contributed by atoms with E-state index in [0.29, 0.717) is 13.0 Å². The van der Waals surface area contributed by atoms with Crippen LogP contribution in [-0.2, 0) is 6.42 Å². The van der Waals surface area contributed by atoms with Gasteiger partial charge in [0.2, 0.25) is 0 Å². The second kappa shape index (κ2) is 3.43. The van der Waals surface area contributed by atoms with Crippen LogP contribution in [0.1, 0.15) is 5.82 Å². The SMILES string of the molecule is NCCc1nc2cccc(Br)n2n1. The standard InChI is InChI=1S/C8H9BrN4/c9-6-2-1-3-8-11-7(4-5-10)12-13(6)8/h1-3H,4-5,10H2. The molecule has 5 heteroatoms. The third-order valence-electron chi connectivity index (χ3n) is 1.73. The average molecular weight is 241 g/mol. The highest BCUT2D eigenvalue weighted by molar-refractivity contribution is 9.10. The minimum atomic E-state index is 0.578. The van der Waals surface area contributed by atoms with Gasteiger partial charge in [0.15, 0.2) is 11.5 Å². The number of aromatic nitrogens is 3. The van der Waals surface area contributed by atoms with Crippen molar-refractivity contribution in [2.75, 3.05) is 6.54 Å². The highest BCUT2D eigenvalue weighted by Gasteiger charge is 2.03. The lowest BCUT2D eigenvalue weighted by molar-refractivity contribution is 0.836. The first-order valence-electron chi connectivity index (χ1n) is 4.01. The Morgan fingerprint density at radius 2 is 2.31 bits per heavy atom. The summed E-state index contributed by atoms with van der Waals surface area (Å²) in [6.07, 6.45) is 0.716. The Kier molecular flexibility index (Phi) is 2.28. The van der Waals surface area contributed by atoms with E-state index in [0.717, 1.165) is 16.1 Å². The van der Waals surface area contributed by atoms with Gasteiger partial charge in [-0.15, -0.1) is 0 Å². The van der Waals surface area contributed by atoms with E-state index in [1.54, 1.807) is 4.52 Å². The van der Waals surface area contributed by atoms with Crippen LogP contribution in [0.5, 0.6) is 0 Å². The third-order valence-corrected chi connectivity index (χ3v) is 2.33. The summed E-state index contributed by atoms with van der Waals surface area (Å²) in [5.41, 5.74) is 6.26. The summed E-state index contributed by atoms with van der Waals surface area (Å²) in [5, 5.41) is 4.28. The summed E-state index contributed by atoms with van der Waals surface area (Å²) < 4.78 is 2.66. The molecule has 0 bridgehead atoms. The predicted molar refractivity (Wildman–Crippen MR) is 53.4 cm³/mol. The van der Waals surface area contributed by atoms with Crippen LogP contribution in [0.4, 0.5) is 0 Å². The van der Waals surface area contributed by atoms with E-state index in [-0.39, 0.29) is 0 Å². The van der Waals surface area contributed by atoms with Crippen molar-refractivity contribution < 1.29 is 0 Å². The van der Waals surface area contributed by atoms with Crippen LogP contribution in [0.2, 0.25) is 0 Å². The van der Waals surface area contributed by atoms with Gasteiger partial charge in [-0.1, -0.05) is 6.07 Å². The summed E-state index contributed by atoms with van der Waals surface area (Å²) in [7, 11) is 0. The molecule has 2 aromatic heterocycles. The highest BCUT2D eigenvalue weighted by atomic mass is 79.9. The third kappa shape index (κ3) is 1.57. The van der Waals surface area contributed by atoms with Crippen molar-refractivity contribution in [2.45, 2.75) is 6.42 Å². The highest BCUT2D eigenvalue weighted by Crippen LogP contribution is 2.11. The number of pyridine rings is 1. The average Bonchev–Trinajstić information content (AvgIpc) is 2.49. The van der Waals surface area contributed by atoms with Crippen molar-refractivity contribution in [1.82, 2.24) is 14.6 Å². The van der Waals surface area contributed by atoms with Crippen LogP contribution in [0.15, 0.2) is 22.8 Å². The summed E-state index contributed by atoms with van der Waals surface area (Å²) in [6.45, 7) is 0.578. The fourth-order valence-electron chi connectivity index (χ4n) is 1.15. The number of hydrogen-bond donors (Lipinski definition) is 1. The molecule has 0 aliphatic carbocycles. The molecule has 68 valence electrons. The van der Waals surface area contributed by atoms with Crippen molar-refractivity contribution in [3.8, 4) is 0 Å². The molecule has 0 amide bonds. The molecule has 0 fully saturated rings. The van der Waals surface area contributed by atoms with Gasteiger partial charge < -0.3 is 5.73 Å². The minimum Gasteiger partial charge on any atom is -0.330 e. The molecule has 0 saturated heterocycles. The Morgan fingerprint density at radius 1 is 1.46 bits per heavy atom. The van der Waals surface area contributed by atoms with E-state index >= 15 is 0 Å². The first kappa shape index (κ1) is 8.65. The van der Waals surface area contributed by atoms with E-state index in [2.05, 4.69) is 26.0 Å². The lowest BCUT2D eigenvalue weighted by atomic mass is 10.4. The van der Waals surface area contributed by atoms with Crippen LogP contribution in [-0.4, -0.2) is 21.1 Å². The van der Waals surface area contributed by atoms with Gasteiger partial charge in [0.25, 0.3) is 0 Å². The summed E-state index contributed by atoms with van der Waals surface area (Å²) >= 11 is 3.39. The molecular weight excluding hydrogens is 232 g/mol. The molecule has 13 heavy (non-hydrogen) atoms. The molecule has 2 N–H and O–H groups in total.